The van der Waals surface area contributed by atoms with E-state index in [0.29, 0.717) is 0 Å². The molecule has 3 rings (SSSR count). The van der Waals surface area contributed by atoms with Crippen molar-refractivity contribution in [2.75, 3.05) is 0 Å². The van der Waals surface area contributed by atoms with Crippen LogP contribution in [0.15, 0.2) is 46.4 Å². The number of pyridine rings is 1. The number of nitrogens with zero attached hydrogens (tertiary/aromatic N) is 3. The van der Waals surface area contributed by atoms with Crippen molar-refractivity contribution in [3.05, 3.63) is 86.7 Å². The molecule has 0 atom stereocenters. The standard InChI is InChI=1S/C32H41N3.3ClH.Fe/c1-10-25-14-20(5)15-26(11-2)31(25)33-23(8)29-18-22(7)19-30(35-29)24(9)34-32-27(12-3)16-21(6)17-28(32)13-4;;;;/h14-19H,10-13H2,1-9H3;3*1H;/q;;;;+3/p-3. The third-order valence-electron chi connectivity index (χ3n) is 6.62. The molecule has 0 saturated heterocycles. The van der Waals surface area contributed by atoms with Crippen LogP contribution in [0.1, 0.15) is 91.9 Å². The molecule has 2 aromatic carbocycles. The van der Waals surface area contributed by atoms with Crippen LogP contribution < -0.4 is 37.2 Å². The fraction of sp³-hybridized carbons (Fsp3) is 0.406. The Morgan fingerprint density at radius 1 is 0.538 bits per heavy atom. The van der Waals surface area contributed by atoms with E-state index in [1.54, 1.807) is 0 Å². The van der Waals surface area contributed by atoms with Gasteiger partial charge in [-0.3, -0.25) is 9.98 Å². The van der Waals surface area contributed by atoms with Crippen molar-refractivity contribution in [3.63, 3.8) is 0 Å². The zero-order chi connectivity index (χ0) is 25.7. The molecule has 0 amide bonds. The van der Waals surface area contributed by atoms with Gasteiger partial charge in [-0.05, 0) is 100 Å². The maximum absolute atomic E-state index is 5.12. The minimum atomic E-state index is 0. The van der Waals surface area contributed by atoms with Gasteiger partial charge < -0.3 is 37.2 Å². The van der Waals surface area contributed by atoms with Crippen LogP contribution in [-0.2, 0) is 42.8 Å². The largest absolute Gasteiger partial charge is 3.00 e. The van der Waals surface area contributed by atoms with Crippen LogP contribution >= 0.6 is 0 Å². The molecule has 1 aromatic heterocycles. The van der Waals surface area contributed by atoms with E-state index in [9.17, 15) is 0 Å². The molecule has 1 heterocycles. The Balaban J connectivity index is 0. The minimum Gasteiger partial charge on any atom is -1.00 e. The summed E-state index contributed by atoms with van der Waals surface area (Å²) in [6.45, 7) is 19.4. The fourth-order valence-electron chi connectivity index (χ4n) is 4.72. The molecule has 7 heteroatoms. The fourth-order valence-corrected chi connectivity index (χ4v) is 4.72. The molecule has 0 aliphatic heterocycles. The summed E-state index contributed by atoms with van der Waals surface area (Å²) >= 11 is 0. The third-order valence-corrected chi connectivity index (χ3v) is 6.62. The normalized spacial score (nSPS) is 11.1. The van der Waals surface area contributed by atoms with Crippen LogP contribution in [0.4, 0.5) is 11.4 Å². The van der Waals surface area contributed by atoms with Crippen LogP contribution in [0.5, 0.6) is 0 Å². The molecular formula is C32H41Cl3FeN3. The average molecular weight is 630 g/mol. The topological polar surface area (TPSA) is 37.6 Å². The maximum Gasteiger partial charge on any atom is 3.00 e. The predicted octanol–water partition coefficient (Wildman–Crippen LogP) is -0.453. The summed E-state index contributed by atoms with van der Waals surface area (Å²) in [6, 6.07) is 13.3. The van der Waals surface area contributed by atoms with Crippen molar-refractivity contribution in [2.45, 2.75) is 88.0 Å². The molecule has 1 radical (unpaired) electrons. The van der Waals surface area contributed by atoms with Gasteiger partial charge in [-0.25, -0.2) is 4.98 Å². The quantitative estimate of drug-likeness (QED) is 0.246. The minimum absolute atomic E-state index is 0. The van der Waals surface area contributed by atoms with E-state index in [1.165, 1.54) is 38.9 Å². The van der Waals surface area contributed by atoms with Gasteiger partial charge in [-0.2, -0.15) is 0 Å². The monoisotopic (exact) mass is 628 g/mol. The van der Waals surface area contributed by atoms with Crippen molar-refractivity contribution >= 4 is 22.8 Å². The summed E-state index contributed by atoms with van der Waals surface area (Å²) < 4.78 is 0. The molecule has 39 heavy (non-hydrogen) atoms. The first-order valence-electron chi connectivity index (χ1n) is 13.0. The van der Waals surface area contributed by atoms with Gasteiger partial charge >= 0.3 is 17.1 Å². The van der Waals surface area contributed by atoms with Gasteiger partial charge in [-0.15, -0.1) is 0 Å². The van der Waals surface area contributed by atoms with Gasteiger partial charge in [0.25, 0.3) is 0 Å². The molecule has 0 unspecified atom stereocenters. The van der Waals surface area contributed by atoms with E-state index in [0.717, 1.165) is 59.9 Å². The number of aryl methyl sites for hydroxylation is 7. The van der Waals surface area contributed by atoms with Gasteiger partial charge in [0.1, 0.15) is 0 Å². The molecule has 0 aliphatic carbocycles. The smallest absolute Gasteiger partial charge is 1.00 e. The van der Waals surface area contributed by atoms with E-state index in [4.69, 9.17) is 15.0 Å². The second-order valence-electron chi connectivity index (χ2n) is 9.59. The number of halogens is 3. The Hall–Kier alpha value is -1.68. The number of hydrogen-bond donors (Lipinski definition) is 0. The van der Waals surface area contributed by atoms with Crippen LogP contribution in [-0.4, -0.2) is 16.4 Å². The van der Waals surface area contributed by atoms with Crippen LogP contribution in [0.25, 0.3) is 0 Å². The Kier molecular flexibility index (Phi) is 18.1. The van der Waals surface area contributed by atoms with Crippen molar-refractivity contribution < 1.29 is 54.3 Å². The summed E-state index contributed by atoms with van der Waals surface area (Å²) in [5, 5.41) is 0. The van der Waals surface area contributed by atoms with Gasteiger partial charge in [0.15, 0.2) is 0 Å². The van der Waals surface area contributed by atoms with E-state index in [1.807, 2.05) is 0 Å². The summed E-state index contributed by atoms with van der Waals surface area (Å²) in [6.07, 6.45) is 3.87. The van der Waals surface area contributed by atoms with Gasteiger partial charge in [0.05, 0.1) is 34.2 Å². The zero-order valence-corrected chi connectivity index (χ0v) is 28.0. The van der Waals surface area contributed by atoms with Crippen molar-refractivity contribution in [3.8, 4) is 0 Å². The van der Waals surface area contributed by atoms with Gasteiger partial charge in [-0.1, -0.05) is 63.1 Å². The summed E-state index contributed by atoms with van der Waals surface area (Å²) in [7, 11) is 0. The second kappa shape index (κ2) is 17.9. The molecular weight excluding hydrogens is 589 g/mol. The molecule has 3 nitrogen and oxygen atoms in total. The number of hydrogen-bond acceptors (Lipinski definition) is 3. The van der Waals surface area contributed by atoms with Crippen LogP contribution in [0, 0.1) is 20.8 Å². The Morgan fingerprint density at radius 2 is 0.795 bits per heavy atom. The summed E-state index contributed by atoms with van der Waals surface area (Å²) in [4.78, 5) is 15.3. The van der Waals surface area contributed by atoms with Crippen molar-refractivity contribution in [1.82, 2.24) is 4.98 Å². The maximum atomic E-state index is 5.12. The SMILES string of the molecule is CCc1cc(C)cc(CC)c1N=C(C)c1cc(C)cc(C(C)=Nc2c(CC)cc(C)cc2CC)n1.[Cl-].[Cl-].[Cl-].[Fe+3]. The first-order valence-corrected chi connectivity index (χ1v) is 13.0. The number of benzene rings is 2. The Labute approximate surface area is 265 Å². The number of aromatic nitrogens is 1. The summed E-state index contributed by atoms with van der Waals surface area (Å²) in [5.41, 5.74) is 14.9. The molecule has 0 fully saturated rings. The second-order valence-corrected chi connectivity index (χ2v) is 9.59. The van der Waals surface area contributed by atoms with Gasteiger partial charge in [0.2, 0.25) is 0 Å². The average Bonchev–Trinajstić information content (AvgIpc) is 2.84. The molecule has 213 valence electrons. The van der Waals surface area contributed by atoms with Crippen molar-refractivity contribution in [2.24, 2.45) is 9.98 Å². The number of aliphatic imine (C=N–C) groups is 2. The van der Waals surface area contributed by atoms with E-state index < -0.39 is 0 Å². The summed E-state index contributed by atoms with van der Waals surface area (Å²) in [5.74, 6) is 0. The van der Waals surface area contributed by atoms with E-state index in [-0.39, 0.29) is 54.3 Å². The van der Waals surface area contributed by atoms with Crippen LogP contribution in [0.2, 0.25) is 0 Å². The molecule has 3 aromatic rings. The van der Waals surface area contributed by atoms with E-state index >= 15 is 0 Å². The molecule has 0 spiro atoms. The molecule has 0 N–H and O–H groups in total. The zero-order valence-electron chi connectivity index (χ0n) is 24.6. The van der Waals surface area contributed by atoms with E-state index in [2.05, 4.69) is 98.7 Å². The predicted molar refractivity (Wildman–Crippen MR) is 153 cm³/mol. The molecule has 0 aliphatic rings. The first kappa shape index (κ1) is 39.5. The van der Waals surface area contributed by atoms with Gasteiger partial charge in [0, 0.05) is 0 Å². The first-order chi connectivity index (χ1) is 16.7. The Bertz CT molecular complexity index is 1150. The molecule has 0 saturated carbocycles. The number of rotatable bonds is 8. The van der Waals surface area contributed by atoms with Crippen LogP contribution in [0.3, 0.4) is 0 Å². The van der Waals surface area contributed by atoms with Crippen molar-refractivity contribution in [1.29, 1.82) is 0 Å². The third kappa shape index (κ3) is 9.73. The Morgan fingerprint density at radius 3 is 1.05 bits per heavy atom. The molecule has 0 bridgehead atoms.